The number of hydrogen-bond donors (Lipinski definition) is 1. The SMILES string of the molecule is CC(NCCc1cccc2cccnc12)c1cc(Br)cs1. The van der Waals surface area contributed by atoms with Gasteiger partial charge in [-0.25, -0.2) is 0 Å². The summed E-state index contributed by atoms with van der Waals surface area (Å²) >= 11 is 5.29. The summed E-state index contributed by atoms with van der Waals surface area (Å²) in [6, 6.07) is 13.1. The van der Waals surface area contributed by atoms with Crippen LogP contribution in [0.25, 0.3) is 10.9 Å². The molecule has 4 heteroatoms. The number of rotatable bonds is 5. The predicted octanol–water partition coefficient (Wildman–Crippen LogP) is 4.95. The van der Waals surface area contributed by atoms with Gasteiger partial charge in [0.2, 0.25) is 0 Å². The molecule has 0 aliphatic rings. The van der Waals surface area contributed by atoms with Crippen molar-refractivity contribution < 1.29 is 0 Å². The van der Waals surface area contributed by atoms with E-state index in [-0.39, 0.29) is 0 Å². The van der Waals surface area contributed by atoms with Crippen LogP contribution in [0.3, 0.4) is 0 Å². The molecule has 2 aromatic heterocycles. The van der Waals surface area contributed by atoms with E-state index >= 15 is 0 Å². The second-order valence-electron chi connectivity index (χ2n) is 5.09. The summed E-state index contributed by atoms with van der Waals surface area (Å²) in [6.07, 6.45) is 2.86. The molecule has 1 atom stereocenters. The van der Waals surface area contributed by atoms with E-state index in [2.05, 4.69) is 68.9 Å². The van der Waals surface area contributed by atoms with E-state index in [1.54, 1.807) is 11.3 Å². The highest BCUT2D eigenvalue weighted by atomic mass is 79.9. The molecule has 0 radical (unpaired) electrons. The maximum absolute atomic E-state index is 4.51. The van der Waals surface area contributed by atoms with Gasteiger partial charge in [-0.05, 0) is 53.5 Å². The maximum atomic E-state index is 4.51. The summed E-state index contributed by atoms with van der Waals surface area (Å²) in [4.78, 5) is 5.87. The van der Waals surface area contributed by atoms with Crippen LogP contribution in [0.15, 0.2) is 52.4 Å². The average molecular weight is 361 g/mol. The van der Waals surface area contributed by atoms with Crippen molar-refractivity contribution >= 4 is 38.2 Å². The molecule has 108 valence electrons. The number of para-hydroxylation sites is 1. The van der Waals surface area contributed by atoms with Gasteiger partial charge in [-0.2, -0.15) is 0 Å². The van der Waals surface area contributed by atoms with Crippen molar-refractivity contribution in [3.05, 3.63) is 62.9 Å². The quantitative estimate of drug-likeness (QED) is 0.695. The number of fused-ring (bicyclic) bond motifs is 1. The molecule has 0 saturated heterocycles. The number of halogens is 1. The zero-order valence-corrected chi connectivity index (χ0v) is 14.2. The van der Waals surface area contributed by atoms with Gasteiger partial charge in [-0.1, -0.05) is 24.3 Å². The second kappa shape index (κ2) is 6.69. The predicted molar refractivity (Wildman–Crippen MR) is 93.9 cm³/mol. The monoisotopic (exact) mass is 360 g/mol. The van der Waals surface area contributed by atoms with E-state index < -0.39 is 0 Å². The smallest absolute Gasteiger partial charge is 0.0734 e. The molecule has 0 bridgehead atoms. The van der Waals surface area contributed by atoms with Crippen LogP contribution in [-0.2, 0) is 6.42 Å². The van der Waals surface area contributed by atoms with Gasteiger partial charge in [0.25, 0.3) is 0 Å². The zero-order valence-electron chi connectivity index (χ0n) is 11.8. The highest BCUT2D eigenvalue weighted by molar-refractivity contribution is 9.10. The van der Waals surface area contributed by atoms with E-state index in [9.17, 15) is 0 Å². The van der Waals surface area contributed by atoms with Crippen molar-refractivity contribution in [1.29, 1.82) is 0 Å². The number of pyridine rings is 1. The molecular weight excluding hydrogens is 344 g/mol. The molecule has 2 nitrogen and oxygen atoms in total. The summed E-state index contributed by atoms with van der Waals surface area (Å²) < 4.78 is 1.16. The lowest BCUT2D eigenvalue weighted by Gasteiger charge is -2.12. The van der Waals surface area contributed by atoms with Crippen LogP contribution in [0, 0.1) is 0 Å². The van der Waals surface area contributed by atoms with Gasteiger partial charge < -0.3 is 5.32 Å². The van der Waals surface area contributed by atoms with Crippen LogP contribution in [0.1, 0.15) is 23.4 Å². The molecule has 0 saturated carbocycles. The minimum Gasteiger partial charge on any atom is -0.309 e. The molecule has 0 fully saturated rings. The molecule has 0 spiro atoms. The Bertz CT molecular complexity index is 733. The van der Waals surface area contributed by atoms with Crippen molar-refractivity contribution in [2.75, 3.05) is 6.54 Å². The molecule has 21 heavy (non-hydrogen) atoms. The lowest BCUT2D eigenvalue weighted by molar-refractivity contribution is 0.585. The number of benzene rings is 1. The molecule has 1 N–H and O–H groups in total. The number of thiophene rings is 1. The Kier molecular flexibility index (Phi) is 4.68. The number of nitrogens with one attached hydrogen (secondary N) is 1. The van der Waals surface area contributed by atoms with Gasteiger partial charge in [0.1, 0.15) is 0 Å². The Morgan fingerprint density at radius 3 is 2.95 bits per heavy atom. The molecule has 3 aromatic rings. The van der Waals surface area contributed by atoms with Crippen LogP contribution in [0.5, 0.6) is 0 Å². The molecule has 0 aliphatic carbocycles. The number of hydrogen-bond acceptors (Lipinski definition) is 3. The Labute approximate surface area is 137 Å². The summed E-state index contributed by atoms with van der Waals surface area (Å²) in [5, 5.41) is 6.93. The average Bonchev–Trinajstić information content (AvgIpc) is 2.94. The Morgan fingerprint density at radius 1 is 1.29 bits per heavy atom. The standard InChI is InChI=1S/C17H17BrN2S/c1-12(16-10-15(18)11-21-16)19-9-7-14-5-2-4-13-6-3-8-20-17(13)14/h2-6,8,10-12,19H,7,9H2,1H3. The Balaban J connectivity index is 1.64. The second-order valence-corrected chi connectivity index (χ2v) is 6.94. The van der Waals surface area contributed by atoms with Crippen LogP contribution in [0.2, 0.25) is 0 Å². The lowest BCUT2D eigenvalue weighted by atomic mass is 10.1. The summed E-state index contributed by atoms with van der Waals surface area (Å²) in [6.45, 7) is 3.16. The molecule has 1 aromatic carbocycles. The van der Waals surface area contributed by atoms with Crippen LogP contribution in [0.4, 0.5) is 0 Å². The largest absolute Gasteiger partial charge is 0.309 e. The topological polar surface area (TPSA) is 24.9 Å². The van der Waals surface area contributed by atoms with Gasteiger partial charge in [0.05, 0.1) is 5.52 Å². The highest BCUT2D eigenvalue weighted by Gasteiger charge is 2.08. The number of aromatic nitrogens is 1. The Morgan fingerprint density at radius 2 is 2.14 bits per heavy atom. The van der Waals surface area contributed by atoms with Crippen molar-refractivity contribution in [1.82, 2.24) is 10.3 Å². The zero-order chi connectivity index (χ0) is 14.7. The fourth-order valence-corrected chi connectivity index (χ4v) is 3.93. The van der Waals surface area contributed by atoms with Gasteiger partial charge in [0.15, 0.2) is 0 Å². The third kappa shape index (κ3) is 3.51. The first kappa shape index (κ1) is 14.7. The van der Waals surface area contributed by atoms with Crippen LogP contribution in [-0.4, -0.2) is 11.5 Å². The van der Waals surface area contributed by atoms with Crippen molar-refractivity contribution in [2.45, 2.75) is 19.4 Å². The third-order valence-corrected chi connectivity index (χ3v) is 5.45. The summed E-state index contributed by atoms with van der Waals surface area (Å²) in [7, 11) is 0. The number of nitrogens with zero attached hydrogens (tertiary/aromatic N) is 1. The minimum atomic E-state index is 0.379. The van der Waals surface area contributed by atoms with Crippen LogP contribution < -0.4 is 5.32 Å². The molecule has 3 rings (SSSR count). The van der Waals surface area contributed by atoms with Crippen molar-refractivity contribution in [2.24, 2.45) is 0 Å². The normalized spacial score (nSPS) is 12.7. The van der Waals surface area contributed by atoms with Gasteiger partial charge in [0, 0.05) is 32.4 Å². The molecule has 1 unspecified atom stereocenters. The van der Waals surface area contributed by atoms with E-state index in [0.717, 1.165) is 23.0 Å². The van der Waals surface area contributed by atoms with E-state index in [1.807, 2.05) is 12.3 Å². The first-order valence-corrected chi connectivity index (χ1v) is 8.71. The van der Waals surface area contributed by atoms with E-state index in [4.69, 9.17) is 0 Å². The van der Waals surface area contributed by atoms with Crippen molar-refractivity contribution in [3.8, 4) is 0 Å². The fourth-order valence-electron chi connectivity index (χ4n) is 2.45. The first-order valence-electron chi connectivity index (χ1n) is 7.04. The third-order valence-electron chi connectivity index (χ3n) is 3.58. The lowest BCUT2D eigenvalue weighted by Crippen LogP contribution is -2.20. The van der Waals surface area contributed by atoms with Gasteiger partial charge >= 0.3 is 0 Å². The van der Waals surface area contributed by atoms with Crippen LogP contribution >= 0.6 is 27.3 Å². The van der Waals surface area contributed by atoms with E-state index in [1.165, 1.54) is 15.8 Å². The molecular formula is C17H17BrN2S. The fraction of sp³-hybridized carbons (Fsp3) is 0.235. The highest BCUT2D eigenvalue weighted by Crippen LogP contribution is 2.25. The molecule has 0 amide bonds. The minimum absolute atomic E-state index is 0.379. The van der Waals surface area contributed by atoms with E-state index in [0.29, 0.717) is 6.04 Å². The maximum Gasteiger partial charge on any atom is 0.0734 e. The summed E-state index contributed by atoms with van der Waals surface area (Å²) in [5.74, 6) is 0. The first-order chi connectivity index (χ1) is 10.2. The van der Waals surface area contributed by atoms with Crippen molar-refractivity contribution in [3.63, 3.8) is 0 Å². The molecule has 2 heterocycles. The van der Waals surface area contributed by atoms with Gasteiger partial charge in [-0.15, -0.1) is 11.3 Å². The van der Waals surface area contributed by atoms with Gasteiger partial charge in [-0.3, -0.25) is 4.98 Å². The molecule has 0 aliphatic heterocycles. The Hall–Kier alpha value is -1.23. The summed E-state index contributed by atoms with van der Waals surface area (Å²) in [5.41, 5.74) is 2.42.